The van der Waals surface area contributed by atoms with Crippen LogP contribution in [0.2, 0.25) is 0 Å². The Labute approximate surface area is 198 Å². The zero-order valence-corrected chi connectivity index (χ0v) is 19.1. The number of aromatic nitrogens is 2. The number of hydrogen-bond acceptors (Lipinski definition) is 6. The molecular formula is C27H27N3O4. The maximum atomic E-state index is 13.1. The van der Waals surface area contributed by atoms with E-state index in [1.807, 2.05) is 0 Å². The highest BCUT2D eigenvalue weighted by atomic mass is 16.5. The van der Waals surface area contributed by atoms with Crippen molar-refractivity contribution < 1.29 is 19.4 Å². The first kappa shape index (κ1) is 23.2. The van der Waals surface area contributed by atoms with Crippen molar-refractivity contribution in [2.24, 2.45) is 0 Å². The maximum Gasteiger partial charge on any atom is 0.295 e. The summed E-state index contributed by atoms with van der Waals surface area (Å²) in [5.74, 6) is -0.893. The predicted molar refractivity (Wildman–Crippen MR) is 128 cm³/mol. The van der Waals surface area contributed by atoms with Gasteiger partial charge < -0.3 is 14.7 Å². The highest BCUT2D eigenvalue weighted by molar-refractivity contribution is 6.46. The summed E-state index contributed by atoms with van der Waals surface area (Å²) in [5, 5.41) is 11.2. The first-order chi connectivity index (χ1) is 16.6. The first-order valence-corrected chi connectivity index (χ1v) is 11.4. The van der Waals surface area contributed by atoms with Crippen LogP contribution in [-0.4, -0.2) is 38.3 Å². The van der Waals surface area contributed by atoms with Gasteiger partial charge in [0.15, 0.2) is 0 Å². The fourth-order valence-electron chi connectivity index (χ4n) is 4.03. The van der Waals surface area contributed by atoms with Crippen LogP contribution in [0, 0.1) is 0 Å². The SMILES string of the molecule is CCCCCOc1ccc(/C(O)=C2\C(=O)C(=O)N(Cc3ccncc3)C2c2ccncc2)cc1. The van der Waals surface area contributed by atoms with Crippen LogP contribution in [0.5, 0.6) is 5.75 Å². The third-order valence-corrected chi connectivity index (χ3v) is 5.81. The number of hydrogen-bond donors (Lipinski definition) is 1. The Morgan fingerprint density at radius 1 is 0.941 bits per heavy atom. The summed E-state index contributed by atoms with van der Waals surface area (Å²) >= 11 is 0. The lowest BCUT2D eigenvalue weighted by Crippen LogP contribution is -2.29. The lowest BCUT2D eigenvalue weighted by molar-refractivity contribution is -0.140. The summed E-state index contributed by atoms with van der Waals surface area (Å²) < 4.78 is 5.74. The predicted octanol–water partition coefficient (Wildman–Crippen LogP) is 4.67. The van der Waals surface area contributed by atoms with Crippen LogP contribution in [0.15, 0.2) is 78.9 Å². The highest BCUT2D eigenvalue weighted by Crippen LogP contribution is 2.40. The van der Waals surface area contributed by atoms with Crippen molar-refractivity contribution in [1.82, 2.24) is 14.9 Å². The number of rotatable bonds is 9. The average Bonchev–Trinajstić information content (AvgIpc) is 3.12. The topological polar surface area (TPSA) is 92.6 Å². The Kier molecular flexibility index (Phi) is 7.32. The van der Waals surface area contributed by atoms with Gasteiger partial charge in [-0.15, -0.1) is 0 Å². The third-order valence-electron chi connectivity index (χ3n) is 5.81. The summed E-state index contributed by atoms with van der Waals surface area (Å²) in [6.45, 7) is 2.97. The van der Waals surface area contributed by atoms with E-state index in [-0.39, 0.29) is 17.9 Å². The number of carbonyl (C=O) groups excluding carboxylic acids is 2. The van der Waals surface area contributed by atoms with E-state index in [4.69, 9.17) is 4.74 Å². The van der Waals surface area contributed by atoms with Gasteiger partial charge in [0.25, 0.3) is 11.7 Å². The van der Waals surface area contributed by atoms with Gasteiger partial charge in [0.05, 0.1) is 18.2 Å². The van der Waals surface area contributed by atoms with Gasteiger partial charge in [0.2, 0.25) is 0 Å². The average molecular weight is 458 g/mol. The quantitative estimate of drug-likeness (QED) is 0.217. The summed E-state index contributed by atoms with van der Waals surface area (Å²) in [5.41, 5.74) is 2.03. The molecule has 1 fully saturated rings. The molecule has 7 nitrogen and oxygen atoms in total. The Morgan fingerprint density at radius 3 is 2.24 bits per heavy atom. The van der Waals surface area contributed by atoms with Gasteiger partial charge in [0.1, 0.15) is 11.5 Å². The molecule has 1 aliphatic heterocycles. The fraction of sp³-hybridized carbons (Fsp3) is 0.259. The molecule has 34 heavy (non-hydrogen) atoms. The van der Waals surface area contributed by atoms with Gasteiger partial charge in [-0.25, -0.2) is 0 Å². The third kappa shape index (κ3) is 4.98. The monoisotopic (exact) mass is 457 g/mol. The molecule has 1 aromatic carbocycles. The molecule has 2 aromatic heterocycles. The number of unbranched alkanes of at least 4 members (excludes halogenated alkanes) is 2. The Morgan fingerprint density at radius 2 is 1.59 bits per heavy atom. The molecule has 7 heteroatoms. The molecule has 1 N–H and O–H groups in total. The van der Waals surface area contributed by atoms with Crippen molar-refractivity contribution in [3.63, 3.8) is 0 Å². The molecule has 1 aliphatic rings. The van der Waals surface area contributed by atoms with Crippen molar-refractivity contribution in [3.05, 3.63) is 95.6 Å². The van der Waals surface area contributed by atoms with Crippen LogP contribution in [0.25, 0.3) is 5.76 Å². The van der Waals surface area contributed by atoms with E-state index in [1.165, 1.54) is 4.90 Å². The van der Waals surface area contributed by atoms with Crippen molar-refractivity contribution in [2.75, 3.05) is 6.61 Å². The van der Waals surface area contributed by atoms with Crippen LogP contribution in [-0.2, 0) is 16.1 Å². The van der Waals surface area contributed by atoms with Gasteiger partial charge >= 0.3 is 0 Å². The standard InChI is InChI=1S/C27H27N3O4/c1-2-3-4-17-34-22-7-5-21(6-8-22)25(31)23-24(20-11-15-29-16-12-20)30(27(33)26(23)32)18-19-9-13-28-14-10-19/h5-16,24,31H,2-4,17-18H2,1H3/b25-23+. The summed E-state index contributed by atoms with van der Waals surface area (Å²) in [4.78, 5) is 35.7. The van der Waals surface area contributed by atoms with Gasteiger partial charge in [-0.2, -0.15) is 0 Å². The lowest BCUT2D eigenvalue weighted by atomic mass is 9.96. The second kappa shape index (κ2) is 10.7. The second-order valence-electron chi connectivity index (χ2n) is 8.14. The van der Waals surface area contributed by atoms with Crippen molar-refractivity contribution in [1.29, 1.82) is 0 Å². The van der Waals surface area contributed by atoms with Crippen LogP contribution in [0.1, 0.15) is 48.9 Å². The number of nitrogens with zero attached hydrogens (tertiary/aromatic N) is 3. The number of carbonyl (C=O) groups is 2. The molecule has 1 atom stereocenters. The van der Waals surface area contributed by atoms with Gasteiger partial charge in [-0.3, -0.25) is 19.6 Å². The summed E-state index contributed by atoms with van der Waals surface area (Å²) in [6.07, 6.45) is 9.68. The number of amides is 1. The molecule has 0 aliphatic carbocycles. The van der Waals surface area contributed by atoms with Crippen molar-refractivity contribution in [2.45, 2.75) is 38.8 Å². The summed E-state index contributed by atoms with van der Waals surface area (Å²) in [7, 11) is 0. The molecule has 3 aromatic rings. The van der Waals surface area contributed by atoms with Crippen LogP contribution < -0.4 is 4.74 Å². The largest absolute Gasteiger partial charge is 0.507 e. The fourth-order valence-corrected chi connectivity index (χ4v) is 4.03. The van der Waals surface area contributed by atoms with E-state index in [0.717, 1.165) is 24.8 Å². The second-order valence-corrected chi connectivity index (χ2v) is 8.14. The maximum absolute atomic E-state index is 13.1. The molecule has 3 heterocycles. The number of Topliss-reactive ketones (excluding diaryl/α,β-unsaturated/α-hetero) is 1. The van der Waals surface area contributed by atoms with Crippen molar-refractivity contribution >= 4 is 17.4 Å². The molecule has 1 amide bonds. The number of pyridine rings is 2. The molecule has 0 radical (unpaired) electrons. The number of ether oxygens (including phenoxy) is 1. The number of aliphatic hydroxyl groups is 1. The molecule has 1 saturated heterocycles. The van der Waals surface area contributed by atoms with Gasteiger partial charge in [-0.1, -0.05) is 19.8 Å². The normalized spacial score (nSPS) is 17.2. The molecule has 0 bridgehead atoms. The van der Waals surface area contributed by atoms with E-state index in [0.29, 0.717) is 23.5 Å². The highest BCUT2D eigenvalue weighted by Gasteiger charge is 2.46. The number of aliphatic hydroxyl groups excluding tert-OH is 1. The van der Waals surface area contributed by atoms with Crippen LogP contribution >= 0.6 is 0 Å². The van der Waals surface area contributed by atoms with Crippen LogP contribution in [0.4, 0.5) is 0 Å². The Bertz CT molecular complexity index is 1160. The smallest absolute Gasteiger partial charge is 0.295 e. The van der Waals surface area contributed by atoms with E-state index < -0.39 is 17.7 Å². The minimum atomic E-state index is -0.735. The zero-order valence-electron chi connectivity index (χ0n) is 19.1. The minimum Gasteiger partial charge on any atom is -0.507 e. The number of ketones is 1. The zero-order chi connectivity index (χ0) is 23.9. The molecule has 174 valence electrons. The number of likely N-dealkylation sites (tertiary alicyclic amines) is 1. The molecule has 0 saturated carbocycles. The van der Waals surface area contributed by atoms with Gasteiger partial charge in [-0.05, 0) is 66.1 Å². The number of benzene rings is 1. The van der Waals surface area contributed by atoms with Crippen molar-refractivity contribution in [3.8, 4) is 5.75 Å². The van der Waals surface area contributed by atoms with E-state index in [1.54, 1.807) is 73.3 Å². The molecule has 0 spiro atoms. The lowest BCUT2D eigenvalue weighted by Gasteiger charge is -2.25. The van der Waals surface area contributed by atoms with E-state index >= 15 is 0 Å². The van der Waals surface area contributed by atoms with Crippen LogP contribution in [0.3, 0.4) is 0 Å². The minimum absolute atomic E-state index is 0.0573. The van der Waals surface area contributed by atoms with Gasteiger partial charge in [0, 0.05) is 36.9 Å². The molecule has 1 unspecified atom stereocenters. The first-order valence-electron chi connectivity index (χ1n) is 11.4. The Hall–Kier alpha value is -4.00. The molecular weight excluding hydrogens is 430 g/mol. The Balaban J connectivity index is 1.68. The molecule has 4 rings (SSSR count). The van der Waals surface area contributed by atoms with E-state index in [9.17, 15) is 14.7 Å². The van der Waals surface area contributed by atoms with E-state index in [2.05, 4.69) is 16.9 Å². The summed E-state index contributed by atoms with van der Waals surface area (Å²) in [6, 6.07) is 13.3.